The molecule has 1 amide bonds. The number of anilines is 1. The molecule has 1 aliphatic carbocycles. The van der Waals surface area contributed by atoms with Gasteiger partial charge in [0.05, 0.1) is 18.2 Å². The number of rotatable bonds is 4. The van der Waals surface area contributed by atoms with E-state index in [9.17, 15) is 22.8 Å². The number of alkyl halides is 3. The van der Waals surface area contributed by atoms with E-state index in [-0.39, 0.29) is 23.4 Å². The Morgan fingerprint density at radius 1 is 1.17 bits per heavy atom. The van der Waals surface area contributed by atoms with Gasteiger partial charge >= 0.3 is 12.1 Å². The number of carbonyl (C=O) groups excluding carboxylic acids is 2. The van der Waals surface area contributed by atoms with E-state index >= 15 is 0 Å². The fourth-order valence-corrected chi connectivity index (χ4v) is 3.35. The quantitative estimate of drug-likeness (QED) is 0.642. The van der Waals surface area contributed by atoms with Gasteiger partial charge in [-0.3, -0.25) is 9.89 Å². The van der Waals surface area contributed by atoms with Gasteiger partial charge in [-0.05, 0) is 48.2 Å². The van der Waals surface area contributed by atoms with Crippen LogP contribution in [0.4, 0.5) is 18.9 Å². The van der Waals surface area contributed by atoms with Crippen molar-refractivity contribution in [2.75, 3.05) is 12.4 Å². The minimum atomic E-state index is -4.38. The molecule has 29 heavy (non-hydrogen) atoms. The monoisotopic (exact) mass is 403 g/mol. The van der Waals surface area contributed by atoms with Gasteiger partial charge in [-0.25, -0.2) is 4.79 Å². The number of hydrogen-bond acceptors (Lipinski definition) is 4. The second-order valence-electron chi connectivity index (χ2n) is 6.88. The lowest BCUT2D eigenvalue weighted by Crippen LogP contribution is -2.14. The molecule has 2 unspecified atom stereocenters. The molecule has 150 valence electrons. The van der Waals surface area contributed by atoms with E-state index < -0.39 is 17.7 Å². The number of aromatic nitrogens is 2. The summed E-state index contributed by atoms with van der Waals surface area (Å²) in [4.78, 5) is 24.3. The molecule has 2 N–H and O–H groups in total. The molecule has 9 heteroatoms. The van der Waals surface area contributed by atoms with Gasteiger partial charge in [-0.2, -0.15) is 18.3 Å². The molecule has 0 bridgehead atoms. The molecule has 2 aromatic carbocycles. The first-order valence-electron chi connectivity index (χ1n) is 8.82. The van der Waals surface area contributed by atoms with E-state index in [1.165, 1.54) is 19.2 Å². The second kappa shape index (κ2) is 6.91. The number of benzene rings is 2. The molecule has 1 aliphatic rings. The highest BCUT2D eigenvalue weighted by Crippen LogP contribution is 2.48. The Hall–Kier alpha value is -3.36. The third-order valence-electron chi connectivity index (χ3n) is 5.00. The predicted molar refractivity (Wildman–Crippen MR) is 98.4 cm³/mol. The molecule has 1 fully saturated rings. The SMILES string of the molecule is COC(=O)c1n[nH]c2ccc(NC(=O)C3CC3c3ccc(C(F)(F)F)cc3)cc12. The van der Waals surface area contributed by atoms with Gasteiger partial charge in [-0.1, -0.05) is 12.1 Å². The first-order valence-corrected chi connectivity index (χ1v) is 8.82. The highest BCUT2D eigenvalue weighted by molar-refractivity contribution is 6.04. The third kappa shape index (κ3) is 3.67. The predicted octanol–water partition coefficient (Wildman–Crippen LogP) is 4.11. The first kappa shape index (κ1) is 19.0. The van der Waals surface area contributed by atoms with Gasteiger partial charge in [0.25, 0.3) is 0 Å². The van der Waals surface area contributed by atoms with Crippen LogP contribution in [-0.2, 0) is 15.7 Å². The zero-order chi connectivity index (χ0) is 20.8. The summed E-state index contributed by atoms with van der Waals surface area (Å²) < 4.78 is 42.7. The summed E-state index contributed by atoms with van der Waals surface area (Å²) in [6, 6.07) is 9.88. The minimum Gasteiger partial charge on any atom is -0.464 e. The highest BCUT2D eigenvalue weighted by Gasteiger charge is 2.44. The number of nitrogens with zero attached hydrogens (tertiary/aromatic N) is 1. The van der Waals surface area contributed by atoms with Crippen molar-refractivity contribution < 1.29 is 27.5 Å². The molecule has 1 heterocycles. The zero-order valence-corrected chi connectivity index (χ0v) is 15.2. The van der Waals surface area contributed by atoms with Crippen LogP contribution >= 0.6 is 0 Å². The number of carbonyl (C=O) groups is 2. The molecule has 4 rings (SSSR count). The molecule has 0 saturated heterocycles. The molecule has 2 atom stereocenters. The van der Waals surface area contributed by atoms with Gasteiger partial charge in [0.1, 0.15) is 0 Å². The largest absolute Gasteiger partial charge is 0.464 e. The summed E-state index contributed by atoms with van der Waals surface area (Å²) in [5, 5.41) is 9.95. The molecule has 1 saturated carbocycles. The number of esters is 1. The van der Waals surface area contributed by atoms with Crippen LogP contribution in [0.3, 0.4) is 0 Å². The van der Waals surface area contributed by atoms with Crippen LogP contribution in [-0.4, -0.2) is 29.2 Å². The number of H-pyrrole nitrogens is 1. The van der Waals surface area contributed by atoms with E-state index in [0.29, 0.717) is 28.6 Å². The molecule has 0 spiro atoms. The van der Waals surface area contributed by atoms with Crippen molar-refractivity contribution in [1.82, 2.24) is 10.2 Å². The van der Waals surface area contributed by atoms with Gasteiger partial charge in [0, 0.05) is 17.0 Å². The maximum atomic E-state index is 12.7. The Balaban J connectivity index is 1.46. The molecular formula is C20H16F3N3O3. The number of nitrogens with one attached hydrogen (secondary N) is 2. The second-order valence-corrected chi connectivity index (χ2v) is 6.88. The number of aromatic amines is 1. The number of amides is 1. The summed E-state index contributed by atoms with van der Waals surface area (Å²) >= 11 is 0. The highest BCUT2D eigenvalue weighted by atomic mass is 19.4. The maximum absolute atomic E-state index is 12.7. The standard InChI is InChI=1S/C20H16F3N3O3/c1-29-19(28)17-15-8-12(6-7-16(15)25-26-17)24-18(27)14-9-13(14)10-2-4-11(5-3-10)20(21,22)23/h2-8,13-14H,9H2,1H3,(H,24,27)(H,25,26). The molecule has 0 radical (unpaired) electrons. The van der Waals surface area contributed by atoms with Crippen LogP contribution < -0.4 is 5.32 Å². The minimum absolute atomic E-state index is 0.111. The molecule has 0 aliphatic heterocycles. The average molecular weight is 403 g/mol. The van der Waals surface area contributed by atoms with Crippen molar-refractivity contribution in [2.24, 2.45) is 5.92 Å². The topological polar surface area (TPSA) is 84.1 Å². The van der Waals surface area contributed by atoms with Gasteiger partial charge < -0.3 is 10.1 Å². The summed E-state index contributed by atoms with van der Waals surface area (Å²) in [7, 11) is 1.25. The lowest BCUT2D eigenvalue weighted by Gasteiger charge is -2.08. The van der Waals surface area contributed by atoms with Gasteiger partial charge in [0.15, 0.2) is 5.69 Å². The summed E-state index contributed by atoms with van der Waals surface area (Å²) in [6.45, 7) is 0. The van der Waals surface area contributed by atoms with Crippen LogP contribution in [0.15, 0.2) is 42.5 Å². The smallest absolute Gasteiger partial charge is 0.416 e. The van der Waals surface area contributed by atoms with Crippen LogP contribution in [0, 0.1) is 5.92 Å². The Morgan fingerprint density at radius 3 is 2.55 bits per heavy atom. The fraction of sp³-hybridized carbons (Fsp3) is 0.250. The first-order chi connectivity index (χ1) is 13.8. The Morgan fingerprint density at radius 2 is 1.90 bits per heavy atom. The number of halogens is 3. The lowest BCUT2D eigenvalue weighted by atomic mass is 10.1. The summed E-state index contributed by atoms with van der Waals surface area (Å²) in [5.74, 6) is -1.24. The number of ether oxygens (including phenoxy) is 1. The van der Waals surface area contributed by atoms with Crippen LogP contribution in [0.5, 0.6) is 0 Å². The van der Waals surface area contributed by atoms with Gasteiger partial charge in [0.2, 0.25) is 5.91 Å². The number of methoxy groups -OCH3 is 1. The molecular weight excluding hydrogens is 387 g/mol. The van der Waals surface area contributed by atoms with Crippen molar-refractivity contribution in [3.05, 3.63) is 59.3 Å². The average Bonchev–Trinajstić information content (AvgIpc) is 3.40. The van der Waals surface area contributed by atoms with Crippen LogP contribution in [0.1, 0.15) is 34.0 Å². The van der Waals surface area contributed by atoms with Crippen molar-refractivity contribution in [3.63, 3.8) is 0 Å². The van der Waals surface area contributed by atoms with E-state index in [4.69, 9.17) is 0 Å². The van der Waals surface area contributed by atoms with Crippen LogP contribution in [0.2, 0.25) is 0 Å². The maximum Gasteiger partial charge on any atom is 0.416 e. The number of fused-ring (bicyclic) bond motifs is 1. The Labute approximate surface area is 163 Å². The Bertz CT molecular complexity index is 1090. The third-order valence-corrected chi connectivity index (χ3v) is 5.00. The van der Waals surface area contributed by atoms with E-state index in [2.05, 4.69) is 20.3 Å². The van der Waals surface area contributed by atoms with Crippen molar-refractivity contribution >= 4 is 28.5 Å². The normalized spacial score (nSPS) is 18.5. The fourth-order valence-electron chi connectivity index (χ4n) is 3.35. The zero-order valence-electron chi connectivity index (χ0n) is 15.2. The molecule has 6 nitrogen and oxygen atoms in total. The molecule has 1 aromatic heterocycles. The van der Waals surface area contributed by atoms with Gasteiger partial charge in [-0.15, -0.1) is 0 Å². The lowest BCUT2D eigenvalue weighted by molar-refractivity contribution is -0.137. The van der Waals surface area contributed by atoms with E-state index in [0.717, 1.165) is 12.1 Å². The van der Waals surface area contributed by atoms with Crippen LogP contribution in [0.25, 0.3) is 10.9 Å². The van der Waals surface area contributed by atoms with Crippen molar-refractivity contribution in [1.29, 1.82) is 0 Å². The Kier molecular flexibility index (Phi) is 4.52. The number of hydrogen-bond donors (Lipinski definition) is 2. The summed E-state index contributed by atoms with van der Waals surface area (Å²) in [6.07, 6.45) is -3.81. The summed E-state index contributed by atoms with van der Waals surface area (Å²) in [5.41, 5.74) is 1.23. The van der Waals surface area contributed by atoms with E-state index in [1.54, 1.807) is 18.2 Å². The van der Waals surface area contributed by atoms with Crippen molar-refractivity contribution in [2.45, 2.75) is 18.5 Å². The van der Waals surface area contributed by atoms with E-state index in [1.807, 2.05) is 0 Å². The van der Waals surface area contributed by atoms with Crippen molar-refractivity contribution in [3.8, 4) is 0 Å². The molecule has 3 aromatic rings.